The van der Waals surface area contributed by atoms with E-state index in [1.165, 1.54) is 12.8 Å². The van der Waals surface area contributed by atoms with Gasteiger partial charge < -0.3 is 20.1 Å². The highest BCUT2D eigenvalue weighted by molar-refractivity contribution is 5.78. The lowest BCUT2D eigenvalue weighted by Crippen LogP contribution is -2.45. The summed E-state index contributed by atoms with van der Waals surface area (Å²) in [5, 5.41) is 0. The standard InChI is InChI=1S/C15H29N3O2/c1-15(2,3)20-13-10-12(11-13)4-5-17-14(16)18-6-8-19-9-7-18/h12-13H,4-11H2,1-3H3,(H2,16,17). The van der Waals surface area contributed by atoms with E-state index in [0.717, 1.165) is 45.2 Å². The van der Waals surface area contributed by atoms with Crippen LogP contribution in [0.5, 0.6) is 0 Å². The van der Waals surface area contributed by atoms with E-state index in [2.05, 4.69) is 30.7 Å². The van der Waals surface area contributed by atoms with Crippen molar-refractivity contribution in [1.29, 1.82) is 0 Å². The fraction of sp³-hybridized carbons (Fsp3) is 0.933. The number of rotatable bonds is 4. The third-order valence-corrected chi connectivity index (χ3v) is 3.86. The van der Waals surface area contributed by atoms with Crippen molar-refractivity contribution in [2.45, 2.75) is 51.7 Å². The first-order chi connectivity index (χ1) is 9.44. The molecule has 5 nitrogen and oxygen atoms in total. The molecule has 0 amide bonds. The van der Waals surface area contributed by atoms with Gasteiger partial charge in [0.05, 0.1) is 24.9 Å². The van der Waals surface area contributed by atoms with Gasteiger partial charge in [-0.2, -0.15) is 0 Å². The van der Waals surface area contributed by atoms with E-state index in [4.69, 9.17) is 15.2 Å². The number of guanidine groups is 1. The van der Waals surface area contributed by atoms with E-state index in [-0.39, 0.29) is 5.60 Å². The van der Waals surface area contributed by atoms with E-state index in [9.17, 15) is 0 Å². The Morgan fingerprint density at radius 1 is 1.30 bits per heavy atom. The normalized spacial score (nSPS) is 28.4. The lowest BCUT2D eigenvalue weighted by molar-refractivity contribution is -0.112. The molecular weight excluding hydrogens is 254 g/mol. The van der Waals surface area contributed by atoms with Crippen LogP contribution in [0, 0.1) is 5.92 Å². The quantitative estimate of drug-likeness (QED) is 0.629. The van der Waals surface area contributed by atoms with Gasteiger partial charge in [-0.3, -0.25) is 4.99 Å². The van der Waals surface area contributed by atoms with E-state index >= 15 is 0 Å². The summed E-state index contributed by atoms with van der Waals surface area (Å²) in [5.41, 5.74) is 5.98. The number of ether oxygens (including phenoxy) is 2. The van der Waals surface area contributed by atoms with Crippen molar-refractivity contribution in [3.8, 4) is 0 Å². The van der Waals surface area contributed by atoms with Crippen LogP contribution in [0.3, 0.4) is 0 Å². The molecule has 2 fully saturated rings. The fourth-order valence-electron chi connectivity index (χ4n) is 2.76. The molecule has 1 aliphatic heterocycles. The molecule has 0 spiro atoms. The van der Waals surface area contributed by atoms with Gasteiger partial charge in [-0.05, 0) is 46.0 Å². The number of nitrogens with two attached hydrogens (primary N) is 1. The Morgan fingerprint density at radius 2 is 1.95 bits per heavy atom. The molecule has 1 saturated carbocycles. The molecule has 0 unspecified atom stereocenters. The largest absolute Gasteiger partial charge is 0.378 e. The molecule has 1 saturated heterocycles. The summed E-state index contributed by atoms with van der Waals surface area (Å²) in [6.45, 7) is 10.4. The zero-order valence-corrected chi connectivity index (χ0v) is 13.1. The van der Waals surface area contributed by atoms with Gasteiger partial charge >= 0.3 is 0 Å². The van der Waals surface area contributed by atoms with Crippen LogP contribution in [0.1, 0.15) is 40.0 Å². The predicted octanol–water partition coefficient (Wildman–Crippen LogP) is 1.62. The highest BCUT2D eigenvalue weighted by Gasteiger charge is 2.32. The summed E-state index contributed by atoms with van der Waals surface area (Å²) in [5.74, 6) is 1.43. The Balaban J connectivity index is 1.60. The van der Waals surface area contributed by atoms with Crippen LogP contribution >= 0.6 is 0 Å². The number of nitrogens with zero attached hydrogens (tertiary/aromatic N) is 2. The Kier molecular flexibility index (Phi) is 5.27. The molecule has 0 aromatic rings. The van der Waals surface area contributed by atoms with Gasteiger partial charge in [0.25, 0.3) is 0 Å². The molecule has 5 heteroatoms. The Labute approximate surface area is 122 Å². The van der Waals surface area contributed by atoms with Crippen molar-refractivity contribution in [3.05, 3.63) is 0 Å². The first kappa shape index (κ1) is 15.6. The van der Waals surface area contributed by atoms with Gasteiger partial charge in [0, 0.05) is 19.6 Å². The summed E-state index contributed by atoms with van der Waals surface area (Å²) in [7, 11) is 0. The Morgan fingerprint density at radius 3 is 2.55 bits per heavy atom. The van der Waals surface area contributed by atoms with Gasteiger partial charge in [0.15, 0.2) is 5.96 Å². The van der Waals surface area contributed by atoms with Crippen LogP contribution in [0.2, 0.25) is 0 Å². The van der Waals surface area contributed by atoms with E-state index < -0.39 is 0 Å². The first-order valence-corrected chi connectivity index (χ1v) is 7.74. The summed E-state index contributed by atoms with van der Waals surface area (Å²) in [4.78, 5) is 6.60. The van der Waals surface area contributed by atoms with Crippen molar-refractivity contribution in [2.24, 2.45) is 16.6 Å². The molecule has 20 heavy (non-hydrogen) atoms. The summed E-state index contributed by atoms with van der Waals surface area (Å²) >= 11 is 0. The lowest BCUT2D eigenvalue weighted by Gasteiger charge is -2.39. The molecule has 0 atom stereocenters. The summed E-state index contributed by atoms with van der Waals surface area (Å²) in [6, 6.07) is 0. The molecule has 0 aromatic carbocycles. The topological polar surface area (TPSA) is 60.1 Å². The Hall–Kier alpha value is -0.810. The van der Waals surface area contributed by atoms with E-state index in [0.29, 0.717) is 12.1 Å². The third kappa shape index (κ3) is 4.94. The molecule has 1 aliphatic carbocycles. The van der Waals surface area contributed by atoms with Crippen LogP contribution in [0.15, 0.2) is 4.99 Å². The van der Waals surface area contributed by atoms with Crippen molar-refractivity contribution >= 4 is 5.96 Å². The first-order valence-electron chi connectivity index (χ1n) is 7.74. The minimum absolute atomic E-state index is 0.0193. The summed E-state index contributed by atoms with van der Waals surface area (Å²) in [6.07, 6.45) is 3.91. The highest BCUT2D eigenvalue weighted by atomic mass is 16.5. The minimum atomic E-state index is -0.0193. The van der Waals surface area contributed by atoms with E-state index in [1.807, 2.05) is 0 Å². The minimum Gasteiger partial charge on any atom is -0.378 e. The van der Waals surface area contributed by atoms with Crippen LogP contribution in [0.25, 0.3) is 0 Å². The second kappa shape index (κ2) is 6.76. The van der Waals surface area contributed by atoms with Crippen LogP contribution < -0.4 is 5.73 Å². The molecule has 0 radical (unpaired) electrons. The van der Waals surface area contributed by atoms with Crippen molar-refractivity contribution in [2.75, 3.05) is 32.8 Å². The molecule has 0 aromatic heterocycles. The zero-order chi connectivity index (χ0) is 14.6. The van der Waals surface area contributed by atoms with Gasteiger partial charge in [0.1, 0.15) is 0 Å². The maximum atomic E-state index is 6.00. The average molecular weight is 283 g/mol. The van der Waals surface area contributed by atoms with Gasteiger partial charge in [-0.1, -0.05) is 0 Å². The number of morpholine rings is 1. The molecule has 2 rings (SSSR count). The zero-order valence-electron chi connectivity index (χ0n) is 13.1. The van der Waals surface area contributed by atoms with Gasteiger partial charge in [0.2, 0.25) is 0 Å². The van der Waals surface area contributed by atoms with Crippen molar-refractivity contribution in [3.63, 3.8) is 0 Å². The maximum absolute atomic E-state index is 6.00. The molecule has 0 bridgehead atoms. The average Bonchev–Trinajstić information content (AvgIpc) is 2.35. The molecule has 2 aliphatic rings. The third-order valence-electron chi connectivity index (χ3n) is 3.86. The number of hydrogen-bond acceptors (Lipinski definition) is 3. The predicted molar refractivity (Wildman–Crippen MR) is 80.8 cm³/mol. The van der Waals surface area contributed by atoms with Gasteiger partial charge in [-0.25, -0.2) is 0 Å². The number of hydrogen-bond donors (Lipinski definition) is 1. The molecular formula is C15H29N3O2. The van der Waals surface area contributed by atoms with Crippen LogP contribution in [-0.2, 0) is 9.47 Å². The van der Waals surface area contributed by atoms with Gasteiger partial charge in [-0.15, -0.1) is 0 Å². The van der Waals surface area contributed by atoms with E-state index in [1.54, 1.807) is 0 Å². The molecule has 1 heterocycles. The SMILES string of the molecule is CC(C)(C)OC1CC(CCN=C(N)N2CCOCC2)C1. The monoisotopic (exact) mass is 283 g/mol. The fourth-order valence-corrected chi connectivity index (χ4v) is 2.76. The second-order valence-electron chi connectivity index (χ2n) is 6.82. The van der Waals surface area contributed by atoms with Crippen molar-refractivity contribution in [1.82, 2.24) is 4.90 Å². The van der Waals surface area contributed by atoms with Crippen molar-refractivity contribution < 1.29 is 9.47 Å². The van der Waals surface area contributed by atoms with Crippen LogP contribution in [0.4, 0.5) is 0 Å². The summed E-state index contributed by atoms with van der Waals surface area (Å²) < 4.78 is 11.2. The second-order valence-corrected chi connectivity index (χ2v) is 6.82. The molecule has 116 valence electrons. The maximum Gasteiger partial charge on any atom is 0.191 e. The number of aliphatic imine (C=N–C) groups is 1. The smallest absolute Gasteiger partial charge is 0.191 e. The highest BCUT2D eigenvalue weighted by Crippen LogP contribution is 2.35. The van der Waals surface area contributed by atoms with Crippen LogP contribution in [-0.4, -0.2) is 55.4 Å². The molecule has 2 N–H and O–H groups in total. The Bertz CT molecular complexity index is 327. The lowest BCUT2D eigenvalue weighted by atomic mass is 9.80.